The summed E-state index contributed by atoms with van der Waals surface area (Å²) in [5, 5.41) is 20.7. The summed E-state index contributed by atoms with van der Waals surface area (Å²) in [5.74, 6) is -0.785. The number of carboxylic acid groups (broad SMARTS) is 1. The largest absolute Gasteiger partial charge is 0.478 e. The van der Waals surface area contributed by atoms with Crippen molar-refractivity contribution < 1.29 is 15.0 Å². The molecule has 0 bridgehead atoms. The maximum Gasteiger partial charge on any atom is 0.335 e. The summed E-state index contributed by atoms with van der Waals surface area (Å²) in [5.41, 5.74) is 1.02. The van der Waals surface area contributed by atoms with Gasteiger partial charge < -0.3 is 15.5 Å². The fourth-order valence-electron chi connectivity index (χ4n) is 1.12. The van der Waals surface area contributed by atoms with Crippen molar-refractivity contribution in [3.05, 3.63) is 29.8 Å². The van der Waals surface area contributed by atoms with Crippen LogP contribution in [-0.2, 0) is 0 Å². The minimum Gasteiger partial charge on any atom is -0.478 e. The zero-order chi connectivity index (χ0) is 11.3. The molecule has 1 rings (SSSR count). The van der Waals surface area contributed by atoms with Crippen LogP contribution in [-0.4, -0.2) is 29.3 Å². The summed E-state index contributed by atoms with van der Waals surface area (Å²) in [7, 11) is 0. The maximum atomic E-state index is 10.7. The van der Waals surface area contributed by atoms with Gasteiger partial charge in [-0.3, -0.25) is 0 Å². The number of benzene rings is 1. The third kappa shape index (κ3) is 3.59. The Morgan fingerprint density at radius 3 is 2.87 bits per heavy atom. The second-order valence-corrected chi connectivity index (χ2v) is 3.55. The molecule has 0 heterocycles. The van der Waals surface area contributed by atoms with E-state index >= 15 is 0 Å². The zero-order valence-corrected chi connectivity index (χ0v) is 8.60. The van der Waals surface area contributed by atoms with Crippen LogP contribution in [0.3, 0.4) is 0 Å². The number of aromatic carboxylic acids is 1. The first-order valence-electron chi connectivity index (χ1n) is 4.81. The van der Waals surface area contributed by atoms with Crippen LogP contribution in [0.5, 0.6) is 0 Å². The lowest BCUT2D eigenvalue weighted by atomic mass is 10.1. The molecule has 0 aromatic heterocycles. The average Bonchev–Trinajstić information content (AvgIpc) is 2.26. The lowest BCUT2D eigenvalue weighted by Crippen LogP contribution is -2.14. The van der Waals surface area contributed by atoms with Crippen LogP contribution in [0, 0.1) is 5.92 Å². The summed E-state index contributed by atoms with van der Waals surface area (Å²) in [4.78, 5) is 10.7. The minimum atomic E-state index is -0.936. The monoisotopic (exact) mass is 209 g/mol. The van der Waals surface area contributed by atoms with E-state index in [1.54, 1.807) is 24.3 Å². The van der Waals surface area contributed by atoms with E-state index in [0.29, 0.717) is 6.54 Å². The van der Waals surface area contributed by atoms with Gasteiger partial charge in [0.2, 0.25) is 0 Å². The topological polar surface area (TPSA) is 69.6 Å². The summed E-state index contributed by atoms with van der Waals surface area (Å²) in [6.07, 6.45) is 0. The average molecular weight is 209 g/mol. The van der Waals surface area contributed by atoms with Gasteiger partial charge in [-0.15, -0.1) is 0 Å². The van der Waals surface area contributed by atoms with Gasteiger partial charge in [0.25, 0.3) is 0 Å². The molecule has 82 valence electrons. The molecule has 4 heteroatoms. The van der Waals surface area contributed by atoms with Crippen LogP contribution >= 0.6 is 0 Å². The van der Waals surface area contributed by atoms with Gasteiger partial charge in [0.1, 0.15) is 0 Å². The number of nitrogens with one attached hydrogen (secondary N) is 1. The molecule has 0 amide bonds. The molecule has 0 radical (unpaired) electrons. The Kier molecular flexibility index (Phi) is 4.12. The van der Waals surface area contributed by atoms with Gasteiger partial charge in [-0.05, 0) is 24.1 Å². The first kappa shape index (κ1) is 11.5. The van der Waals surface area contributed by atoms with Gasteiger partial charge in [0, 0.05) is 18.8 Å². The number of hydrogen-bond donors (Lipinski definition) is 3. The Hall–Kier alpha value is -1.55. The Morgan fingerprint density at radius 1 is 1.53 bits per heavy atom. The Morgan fingerprint density at radius 2 is 2.27 bits per heavy atom. The van der Waals surface area contributed by atoms with E-state index in [4.69, 9.17) is 10.2 Å². The van der Waals surface area contributed by atoms with Crippen molar-refractivity contribution in [3.63, 3.8) is 0 Å². The van der Waals surface area contributed by atoms with Crippen molar-refractivity contribution in [2.75, 3.05) is 18.5 Å². The molecule has 0 aliphatic heterocycles. The number of hydrogen-bond acceptors (Lipinski definition) is 3. The highest BCUT2D eigenvalue weighted by molar-refractivity contribution is 5.88. The van der Waals surface area contributed by atoms with Crippen molar-refractivity contribution in [1.29, 1.82) is 0 Å². The van der Waals surface area contributed by atoms with Gasteiger partial charge in [0.05, 0.1) is 5.56 Å². The van der Waals surface area contributed by atoms with Crippen molar-refractivity contribution in [2.24, 2.45) is 5.92 Å². The molecule has 15 heavy (non-hydrogen) atoms. The third-order valence-corrected chi connectivity index (χ3v) is 2.08. The van der Waals surface area contributed by atoms with Crippen LogP contribution in [0.2, 0.25) is 0 Å². The fraction of sp³-hybridized carbons (Fsp3) is 0.364. The van der Waals surface area contributed by atoms with Gasteiger partial charge in [-0.2, -0.15) is 0 Å². The fourth-order valence-corrected chi connectivity index (χ4v) is 1.12. The normalized spacial score (nSPS) is 12.1. The second kappa shape index (κ2) is 5.36. The van der Waals surface area contributed by atoms with Crippen molar-refractivity contribution in [2.45, 2.75) is 6.92 Å². The van der Waals surface area contributed by atoms with E-state index in [-0.39, 0.29) is 18.1 Å². The third-order valence-electron chi connectivity index (χ3n) is 2.08. The highest BCUT2D eigenvalue weighted by atomic mass is 16.4. The van der Waals surface area contributed by atoms with Gasteiger partial charge in [0.15, 0.2) is 0 Å². The molecule has 1 unspecified atom stereocenters. The number of aliphatic hydroxyl groups excluding tert-OH is 1. The van der Waals surface area contributed by atoms with Gasteiger partial charge >= 0.3 is 5.97 Å². The predicted octanol–water partition coefficient (Wildman–Crippen LogP) is 1.43. The smallest absolute Gasteiger partial charge is 0.335 e. The lowest BCUT2D eigenvalue weighted by Gasteiger charge is -2.10. The highest BCUT2D eigenvalue weighted by Gasteiger charge is 2.04. The summed E-state index contributed by atoms with van der Waals surface area (Å²) in [6.45, 7) is 2.65. The number of aliphatic hydroxyl groups is 1. The number of anilines is 1. The maximum absolute atomic E-state index is 10.7. The van der Waals surface area contributed by atoms with Crippen LogP contribution in [0.25, 0.3) is 0 Å². The first-order valence-corrected chi connectivity index (χ1v) is 4.81. The summed E-state index contributed by atoms with van der Waals surface area (Å²) >= 11 is 0. The molecule has 1 aromatic rings. The van der Waals surface area contributed by atoms with E-state index in [9.17, 15) is 4.79 Å². The molecule has 0 saturated heterocycles. The van der Waals surface area contributed by atoms with Crippen LogP contribution in [0.4, 0.5) is 5.69 Å². The lowest BCUT2D eigenvalue weighted by molar-refractivity contribution is 0.0697. The highest BCUT2D eigenvalue weighted by Crippen LogP contribution is 2.11. The quantitative estimate of drug-likeness (QED) is 0.686. The number of rotatable bonds is 5. The molecular formula is C11H15NO3. The molecule has 0 spiro atoms. The van der Waals surface area contributed by atoms with E-state index in [0.717, 1.165) is 5.69 Å². The summed E-state index contributed by atoms with van der Waals surface area (Å²) in [6, 6.07) is 6.61. The van der Waals surface area contributed by atoms with Crippen LogP contribution in [0.1, 0.15) is 17.3 Å². The first-order chi connectivity index (χ1) is 7.13. The Bertz CT molecular complexity index is 338. The Balaban J connectivity index is 2.62. The summed E-state index contributed by atoms with van der Waals surface area (Å²) < 4.78 is 0. The SMILES string of the molecule is CC(CO)CNc1cccc(C(=O)O)c1. The number of carbonyl (C=O) groups is 1. The molecule has 0 aliphatic carbocycles. The molecule has 3 N–H and O–H groups in total. The molecule has 1 aromatic carbocycles. The standard InChI is InChI=1S/C11H15NO3/c1-8(7-13)6-12-10-4-2-3-9(5-10)11(14)15/h2-5,8,12-13H,6-7H2,1H3,(H,14,15). The van der Waals surface area contributed by atoms with Crippen molar-refractivity contribution >= 4 is 11.7 Å². The zero-order valence-electron chi connectivity index (χ0n) is 8.60. The Labute approximate surface area is 88.6 Å². The second-order valence-electron chi connectivity index (χ2n) is 3.55. The molecule has 1 atom stereocenters. The van der Waals surface area contributed by atoms with E-state index in [1.165, 1.54) is 0 Å². The minimum absolute atomic E-state index is 0.117. The van der Waals surface area contributed by atoms with E-state index < -0.39 is 5.97 Å². The van der Waals surface area contributed by atoms with Gasteiger partial charge in [-0.1, -0.05) is 13.0 Å². The van der Waals surface area contributed by atoms with Crippen LogP contribution in [0.15, 0.2) is 24.3 Å². The van der Waals surface area contributed by atoms with E-state index in [1.807, 2.05) is 6.92 Å². The van der Waals surface area contributed by atoms with E-state index in [2.05, 4.69) is 5.32 Å². The van der Waals surface area contributed by atoms with Crippen molar-refractivity contribution in [3.8, 4) is 0 Å². The van der Waals surface area contributed by atoms with Gasteiger partial charge in [-0.25, -0.2) is 4.79 Å². The molecule has 0 aliphatic rings. The number of carboxylic acids is 1. The molecule has 0 saturated carbocycles. The molecule has 0 fully saturated rings. The predicted molar refractivity (Wildman–Crippen MR) is 58.1 cm³/mol. The molecule has 4 nitrogen and oxygen atoms in total. The van der Waals surface area contributed by atoms with Crippen molar-refractivity contribution in [1.82, 2.24) is 0 Å². The van der Waals surface area contributed by atoms with Crippen LogP contribution < -0.4 is 5.32 Å². The molecular weight excluding hydrogens is 194 g/mol.